The van der Waals surface area contributed by atoms with Crippen molar-refractivity contribution in [1.29, 1.82) is 0 Å². The number of alkyl halides is 3. The quantitative estimate of drug-likeness (QED) is 0.764. The Bertz CT molecular complexity index is 330. The topological polar surface area (TPSA) is 37.3 Å². The number of rotatable bonds is 1. The molecule has 0 aliphatic rings. The fraction of sp³-hybridized carbons (Fsp3) is 0.125. The van der Waals surface area contributed by atoms with Crippen molar-refractivity contribution in [3.8, 4) is 0 Å². The molecule has 0 atom stereocenters. The van der Waals surface area contributed by atoms with Crippen LogP contribution in [0.5, 0.6) is 0 Å². The van der Waals surface area contributed by atoms with E-state index in [0.29, 0.717) is 0 Å². The molecule has 0 aromatic heterocycles. The van der Waals surface area contributed by atoms with Crippen molar-refractivity contribution in [2.45, 2.75) is 3.79 Å². The van der Waals surface area contributed by atoms with Gasteiger partial charge in [-0.05, 0) is 6.07 Å². The van der Waals surface area contributed by atoms with Crippen LogP contribution in [0.15, 0.2) is 24.3 Å². The molecule has 0 radical (unpaired) electrons. The highest BCUT2D eigenvalue weighted by molar-refractivity contribution is 6.67. The van der Waals surface area contributed by atoms with Gasteiger partial charge in [-0.1, -0.05) is 53.0 Å². The highest BCUT2D eigenvalue weighted by Gasteiger charge is 2.27. The van der Waals surface area contributed by atoms with Gasteiger partial charge in [0.25, 0.3) is 0 Å². The van der Waals surface area contributed by atoms with Crippen molar-refractivity contribution in [1.82, 2.24) is 0 Å². The van der Waals surface area contributed by atoms with Crippen LogP contribution in [0.4, 0.5) is 0 Å². The highest BCUT2D eigenvalue weighted by Crippen LogP contribution is 2.39. The highest BCUT2D eigenvalue weighted by atomic mass is 35.6. The van der Waals surface area contributed by atoms with Crippen LogP contribution in [-0.4, -0.2) is 11.1 Å². The van der Waals surface area contributed by atoms with Gasteiger partial charge in [0.05, 0.1) is 5.56 Å². The summed E-state index contributed by atoms with van der Waals surface area (Å²) in [6.45, 7) is 0. The summed E-state index contributed by atoms with van der Waals surface area (Å²) in [6, 6.07) is 6.04. The van der Waals surface area contributed by atoms with E-state index in [-0.39, 0.29) is 11.1 Å². The monoisotopic (exact) mass is 238 g/mol. The largest absolute Gasteiger partial charge is 0.478 e. The van der Waals surface area contributed by atoms with Crippen LogP contribution in [0.1, 0.15) is 15.9 Å². The maximum absolute atomic E-state index is 10.7. The van der Waals surface area contributed by atoms with Crippen LogP contribution < -0.4 is 0 Å². The second-order valence-corrected chi connectivity index (χ2v) is 4.63. The fourth-order valence-electron chi connectivity index (χ4n) is 0.917. The molecule has 2 nitrogen and oxygen atoms in total. The van der Waals surface area contributed by atoms with Gasteiger partial charge >= 0.3 is 5.97 Å². The second-order valence-electron chi connectivity index (χ2n) is 2.35. The molecule has 0 heterocycles. The molecule has 0 saturated carbocycles. The Morgan fingerprint density at radius 3 is 2.15 bits per heavy atom. The summed E-state index contributed by atoms with van der Waals surface area (Å²) in [4.78, 5) is 10.7. The summed E-state index contributed by atoms with van der Waals surface area (Å²) >= 11 is 16.7. The maximum Gasteiger partial charge on any atom is 0.336 e. The van der Waals surface area contributed by atoms with Crippen LogP contribution in [0.25, 0.3) is 0 Å². The van der Waals surface area contributed by atoms with Crippen LogP contribution in [0.2, 0.25) is 0 Å². The van der Waals surface area contributed by atoms with Gasteiger partial charge in [-0.2, -0.15) is 0 Å². The number of carboxylic acid groups (broad SMARTS) is 1. The molecule has 1 rings (SSSR count). The Balaban J connectivity index is 3.28. The molecule has 1 aromatic carbocycles. The first kappa shape index (κ1) is 10.6. The number of halogens is 3. The van der Waals surface area contributed by atoms with E-state index in [1.54, 1.807) is 12.1 Å². The SMILES string of the molecule is O=C(O)c1ccccc1C(Cl)(Cl)Cl. The standard InChI is InChI=1S/C8H5Cl3O2/c9-8(10,11)6-4-2-1-3-5(6)7(12)13/h1-4H,(H,12,13). The smallest absolute Gasteiger partial charge is 0.336 e. The Hall–Kier alpha value is -0.440. The number of hydrogen-bond donors (Lipinski definition) is 1. The first-order valence-electron chi connectivity index (χ1n) is 3.32. The molecular weight excluding hydrogens is 234 g/mol. The van der Waals surface area contributed by atoms with Crippen LogP contribution in [0.3, 0.4) is 0 Å². The zero-order valence-corrected chi connectivity index (χ0v) is 8.57. The molecule has 1 N–H and O–H groups in total. The molecule has 0 fully saturated rings. The van der Waals surface area contributed by atoms with E-state index in [0.717, 1.165) is 0 Å². The predicted octanol–water partition coefficient (Wildman–Crippen LogP) is 3.21. The van der Waals surface area contributed by atoms with E-state index in [1.807, 2.05) is 0 Å². The molecule has 0 spiro atoms. The third-order valence-corrected chi connectivity index (χ3v) is 2.07. The zero-order chi connectivity index (χ0) is 10.1. The van der Waals surface area contributed by atoms with Crippen molar-refractivity contribution in [3.63, 3.8) is 0 Å². The first-order valence-corrected chi connectivity index (χ1v) is 4.46. The summed E-state index contributed by atoms with van der Waals surface area (Å²) in [6.07, 6.45) is 0. The summed E-state index contributed by atoms with van der Waals surface area (Å²) in [7, 11) is 0. The third-order valence-electron chi connectivity index (χ3n) is 1.46. The van der Waals surface area contributed by atoms with Gasteiger partial charge in [-0.25, -0.2) is 4.79 Å². The van der Waals surface area contributed by atoms with Gasteiger partial charge in [0.2, 0.25) is 3.79 Å². The Labute approximate surface area is 90.0 Å². The maximum atomic E-state index is 10.7. The zero-order valence-electron chi connectivity index (χ0n) is 6.30. The van der Waals surface area contributed by atoms with Crippen molar-refractivity contribution in [3.05, 3.63) is 35.4 Å². The van der Waals surface area contributed by atoms with E-state index in [4.69, 9.17) is 39.9 Å². The van der Waals surface area contributed by atoms with E-state index >= 15 is 0 Å². The van der Waals surface area contributed by atoms with Gasteiger partial charge < -0.3 is 5.11 Å². The Morgan fingerprint density at radius 2 is 1.77 bits per heavy atom. The average Bonchev–Trinajstić information content (AvgIpc) is 2.03. The number of hydrogen-bond acceptors (Lipinski definition) is 1. The summed E-state index contributed by atoms with van der Waals surface area (Å²) in [5.41, 5.74) is 0.176. The first-order chi connectivity index (χ1) is 5.93. The number of benzene rings is 1. The lowest BCUT2D eigenvalue weighted by Crippen LogP contribution is -2.09. The molecule has 1 aromatic rings. The van der Waals surface area contributed by atoms with Gasteiger partial charge in [-0.3, -0.25) is 0 Å². The van der Waals surface area contributed by atoms with Gasteiger partial charge in [0, 0.05) is 5.56 Å². The molecule has 0 saturated heterocycles. The number of aromatic carboxylic acids is 1. The summed E-state index contributed by atoms with van der Waals surface area (Å²) in [5, 5.41) is 8.75. The van der Waals surface area contributed by atoms with Crippen LogP contribution in [-0.2, 0) is 3.79 Å². The van der Waals surface area contributed by atoms with Crippen LogP contribution >= 0.6 is 34.8 Å². The fourth-order valence-corrected chi connectivity index (χ4v) is 1.41. The van der Waals surface area contributed by atoms with Gasteiger partial charge in [0.1, 0.15) is 0 Å². The summed E-state index contributed by atoms with van der Waals surface area (Å²) < 4.78 is -1.70. The normalized spacial score (nSPS) is 11.3. The van der Waals surface area contributed by atoms with E-state index < -0.39 is 9.76 Å². The van der Waals surface area contributed by atoms with Crippen LogP contribution in [0, 0.1) is 0 Å². The van der Waals surface area contributed by atoms with E-state index in [9.17, 15) is 4.79 Å². The summed E-state index contributed by atoms with van der Waals surface area (Å²) in [5.74, 6) is -1.11. The Morgan fingerprint density at radius 1 is 1.23 bits per heavy atom. The van der Waals surface area contributed by atoms with E-state index in [2.05, 4.69) is 0 Å². The predicted molar refractivity (Wildman–Crippen MR) is 52.6 cm³/mol. The lowest BCUT2D eigenvalue weighted by atomic mass is 10.1. The molecule has 0 bridgehead atoms. The minimum atomic E-state index is -1.70. The van der Waals surface area contributed by atoms with E-state index in [1.165, 1.54) is 12.1 Å². The average molecular weight is 239 g/mol. The number of carbonyl (C=O) groups is 1. The molecule has 70 valence electrons. The Kier molecular flexibility index (Phi) is 3.06. The van der Waals surface area contributed by atoms with Gasteiger partial charge in [-0.15, -0.1) is 0 Å². The van der Waals surface area contributed by atoms with Gasteiger partial charge in [0.15, 0.2) is 0 Å². The molecule has 5 heteroatoms. The lowest BCUT2D eigenvalue weighted by molar-refractivity contribution is 0.0695. The van der Waals surface area contributed by atoms with Crippen molar-refractivity contribution in [2.75, 3.05) is 0 Å². The van der Waals surface area contributed by atoms with Crippen molar-refractivity contribution >= 4 is 40.8 Å². The molecule has 0 unspecified atom stereocenters. The van der Waals surface area contributed by atoms with Crippen molar-refractivity contribution in [2.24, 2.45) is 0 Å². The molecule has 0 aliphatic carbocycles. The molecule has 0 aliphatic heterocycles. The minimum absolute atomic E-state index is 0.00231. The molecule has 13 heavy (non-hydrogen) atoms. The molecule has 0 amide bonds. The lowest BCUT2D eigenvalue weighted by Gasteiger charge is -2.13. The van der Waals surface area contributed by atoms with Crippen molar-refractivity contribution < 1.29 is 9.90 Å². The minimum Gasteiger partial charge on any atom is -0.478 e. The third kappa shape index (κ3) is 2.50. The number of carboxylic acids is 1. The molecular formula is C8H5Cl3O2. The second kappa shape index (κ2) is 3.74.